The predicted molar refractivity (Wildman–Crippen MR) is 114 cm³/mol. The summed E-state index contributed by atoms with van der Waals surface area (Å²) in [5.74, 6) is 11.2. The van der Waals surface area contributed by atoms with Crippen molar-refractivity contribution in [1.29, 1.82) is 0 Å². The van der Waals surface area contributed by atoms with Crippen LogP contribution in [0.2, 0.25) is 5.02 Å². The summed E-state index contributed by atoms with van der Waals surface area (Å²) in [5.41, 5.74) is 8.24. The number of hydrazone groups is 1. The highest BCUT2D eigenvalue weighted by atomic mass is 35.5. The minimum Gasteiger partial charge on any atom is -0.383 e. The average molecular weight is 433 g/mol. The summed E-state index contributed by atoms with van der Waals surface area (Å²) in [6, 6.07) is 6.19. The Kier molecular flexibility index (Phi) is 5.33. The number of hydrogen-bond donors (Lipinski definition) is 4. The van der Waals surface area contributed by atoms with Crippen molar-refractivity contribution in [2.24, 2.45) is 16.8 Å². The maximum atomic E-state index is 14.4. The standard InChI is InChI=1S/C18H18ClFN8S/c19-11-2-1-3-13(15(11)20)28(23)17(27-22)10-6-9(7-25-16(10)21)18-26-12-4-5-24-8-14(12)29-18/h1-3,6-7,24H,4-5,8,22-23H2,(H2,21,25)/b27-17-. The van der Waals surface area contributed by atoms with Crippen LogP contribution in [0.1, 0.15) is 16.1 Å². The molecule has 0 unspecified atom stereocenters. The molecule has 8 nitrogen and oxygen atoms in total. The number of amidine groups is 1. The number of pyridine rings is 1. The van der Waals surface area contributed by atoms with Crippen molar-refractivity contribution in [3.63, 3.8) is 0 Å². The van der Waals surface area contributed by atoms with Crippen LogP contribution in [0.5, 0.6) is 0 Å². The van der Waals surface area contributed by atoms with Crippen LogP contribution in [0, 0.1) is 5.82 Å². The maximum Gasteiger partial charge on any atom is 0.178 e. The van der Waals surface area contributed by atoms with Gasteiger partial charge in [0.15, 0.2) is 11.7 Å². The molecule has 3 aromatic rings. The van der Waals surface area contributed by atoms with Crippen LogP contribution < -0.4 is 27.7 Å². The summed E-state index contributed by atoms with van der Waals surface area (Å²) in [6.45, 7) is 1.70. The van der Waals surface area contributed by atoms with Gasteiger partial charge in [-0.2, -0.15) is 5.10 Å². The predicted octanol–water partition coefficient (Wildman–Crippen LogP) is 2.23. The highest BCUT2D eigenvalue weighted by Crippen LogP contribution is 2.32. The van der Waals surface area contributed by atoms with Gasteiger partial charge in [0.2, 0.25) is 0 Å². The normalized spacial score (nSPS) is 14.0. The quantitative estimate of drug-likeness (QED) is 0.216. The summed E-state index contributed by atoms with van der Waals surface area (Å²) >= 11 is 7.44. The Morgan fingerprint density at radius 2 is 2.21 bits per heavy atom. The van der Waals surface area contributed by atoms with Gasteiger partial charge < -0.3 is 16.9 Å². The first-order valence-corrected chi connectivity index (χ1v) is 9.91. The number of nitrogens with one attached hydrogen (secondary N) is 1. The van der Waals surface area contributed by atoms with Crippen molar-refractivity contribution in [1.82, 2.24) is 15.3 Å². The van der Waals surface area contributed by atoms with Crippen LogP contribution in [0.4, 0.5) is 15.9 Å². The molecule has 0 fully saturated rings. The van der Waals surface area contributed by atoms with Crippen LogP contribution in [0.15, 0.2) is 35.6 Å². The molecule has 7 N–H and O–H groups in total. The molecule has 29 heavy (non-hydrogen) atoms. The zero-order valence-electron chi connectivity index (χ0n) is 15.2. The van der Waals surface area contributed by atoms with Crippen molar-refractivity contribution >= 4 is 40.3 Å². The zero-order chi connectivity index (χ0) is 20.5. The second-order valence-corrected chi connectivity index (χ2v) is 7.86. The molecule has 0 amide bonds. The second kappa shape index (κ2) is 7.91. The highest BCUT2D eigenvalue weighted by molar-refractivity contribution is 7.15. The molecule has 0 spiro atoms. The molecule has 0 bridgehead atoms. The molecule has 11 heteroatoms. The number of hydrogen-bond acceptors (Lipinski definition) is 8. The molecule has 0 atom stereocenters. The third kappa shape index (κ3) is 3.62. The van der Waals surface area contributed by atoms with E-state index >= 15 is 0 Å². The average Bonchev–Trinajstić information content (AvgIpc) is 3.16. The van der Waals surface area contributed by atoms with E-state index in [1.54, 1.807) is 29.7 Å². The van der Waals surface area contributed by atoms with Gasteiger partial charge in [-0.05, 0) is 18.2 Å². The van der Waals surface area contributed by atoms with Crippen LogP contribution in [0.3, 0.4) is 0 Å². The third-order valence-corrected chi connectivity index (χ3v) is 5.99. The van der Waals surface area contributed by atoms with Gasteiger partial charge in [0.05, 0.1) is 22.0 Å². The van der Waals surface area contributed by atoms with Gasteiger partial charge >= 0.3 is 0 Å². The molecule has 2 aromatic heterocycles. The number of nitrogen functional groups attached to an aromatic ring is 1. The van der Waals surface area contributed by atoms with E-state index in [-0.39, 0.29) is 22.4 Å². The fraction of sp³-hybridized carbons (Fsp3) is 0.167. The number of halogens is 2. The molecule has 4 rings (SSSR count). The monoisotopic (exact) mass is 432 g/mol. The van der Waals surface area contributed by atoms with Crippen molar-refractivity contribution < 1.29 is 4.39 Å². The maximum absolute atomic E-state index is 14.4. The Morgan fingerprint density at radius 3 is 2.97 bits per heavy atom. The minimum atomic E-state index is -0.694. The Balaban J connectivity index is 1.74. The van der Waals surface area contributed by atoms with Crippen LogP contribution >= 0.6 is 22.9 Å². The van der Waals surface area contributed by atoms with Crippen molar-refractivity contribution in [3.8, 4) is 10.6 Å². The van der Waals surface area contributed by atoms with E-state index in [4.69, 9.17) is 34.0 Å². The van der Waals surface area contributed by atoms with E-state index in [1.165, 1.54) is 17.0 Å². The molecule has 150 valence electrons. The van der Waals surface area contributed by atoms with Gasteiger partial charge in [-0.25, -0.2) is 20.2 Å². The van der Waals surface area contributed by atoms with Crippen LogP contribution in [0.25, 0.3) is 10.6 Å². The molecular formula is C18H18ClFN8S. The topological polar surface area (TPSA) is 131 Å². The number of aromatic nitrogens is 2. The SMILES string of the molecule is N/N=C(/c1cc(-c2nc3c(s2)CNCC3)cnc1N)N(N)c1cccc(Cl)c1F. The van der Waals surface area contributed by atoms with Gasteiger partial charge in [-0.3, -0.25) is 5.01 Å². The molecule has 0 saturated heterocycles. The molecule has 0 aliphatic carbocycles. The lowest BCUT2D eigenvalue weighted by Gasteiger charge is -2.21. The first-order valence-electron chi connectivity index (χ1n) is 8.72. The van der Waals surface area contributed by atoms with E-state index in [0.717, 1.165) is 40.8 Å². The van der Waals surface area contributed by atoms with E-state index in [2.05, 4.69) is 15.4 Å². The second-order valence-electron chi connectivity index (χ2n) is 6.37. The van der Waals surface area contributed by atoms with Crippen LogP contribution in [-0.2, 0) is 13.0 Å². The van der Waals surface area contributed by atoms with Crippen molar-refractivity contribution in [2.75, 3.05) is 17.3 Å². The van der Waals surface area contributed by atoms with Gasteiger partial charge in [0.25, 0.3) is 0 Å². The fourth-order valence-electron chi connectivity index (χ4n) is 3.07. The molecule has 1 aliphatic rings. The first-order chi connectivity index (χ1) is 14.0. The molecule has 3 heterocycles. The summed E-state index contributed by atoms with van der Waals surface area (Å²) in [6.07, 6.45) is 2.51. The number of rotatable bonds is 3. The number of fused-ring (bicyclic) bond motifs is 1. The summed E-state index contributed by atoms with van der Waals surface area (Å²) < 4.78 is 14.4. The Bertz CT molecular complexity index is 1080. The Labute approximate surface area is 175 Å². The summed E-state index contributed by atoms with van der Waals surface area (Å²) in [5, 5.41) is 8.78. The fourth-order valence-corrected chi connectivity index (χ4v) is 4.30. The number of nitrogens with two attached hydrogens (primary N) is 3. The van der Waals surface area contributed by atoms with Gasteiger partial charge in [-0.1, -0.05) is 17.7 Å². The summed E-state index contributed by atoms with van der Waals surface area (Å²) in [7, 11) is 0. The lowest BCUT2D eigenvalue weighted by atomic mass is 10.1. The smallest absolute Gasteiger partial charge is 0.178 e. The first kappa shape index (κ1) is 19.5. The molecular weight excluding hydrogens is 415 g/mol. The zero-order valence-corrected chi connectivity index (χ0v) is 16.8. The number of anilines is 2. The van der Waals surface area contributed by atoms with E-state index < -0.39 is 5.82 Å². The lowest BCUT2D eigenvalue weighted by molar-refractivity contribution is 0.627. The van der Waals surface area contributed by atoms with Crippen molar-refractivity contribution in [3.05, 3.63) is 57.4 Å². The lowest BCUT2D eigenvalue weighted by Crippen LogP contribution is -2.40. The number of hydrazine groups is 1. The van der Waals surface area contributed by atoms with Gasteiger partial charge in [-0.15, -0.1) is 11.3 Å². The largest absolute Gasteiger partial charge is 0.383 e. The number of benzene rings is 1. The Hall–Kier alpha value is -2.79. The van der Waals surface area contributed by atoms with Gasteiger partial charge in [0.1, 0.15) is 10.8 Å². The van der Waals surface area contributed by atoms with E-state index in [1.807, 2.05) is 0 Å². The number of thiazole rings is 1. The van der Waals surface area contributed by atoms with Crippen LogP contribution in [-0.4, -0.2) is 22.3 Å². The highest BCUT2D eigenvalue weighted by Gasteiger charge is 2.22. The minimum absolute atomic E-state index is 0.00212. The Morgan fingerprint density at radius 1 is 1.38 bits per heavy atom. The third-order valence-electron chi connectivity index (χ3n) is 4.55. The van der Waals surface area contributed by atoms with E-state index in [9.17, 15) is 4.39 Å². The summed E-state index contributed by atoms with van der Waals surface area (Å²) in [4.78, 5) is 10.1. The van der Waals surface area contributed by atoms with Crippen molar-refractivity contribution in [2.45, 2.75) is 13.0 Å². The van der Waals surface area contributed by atoms with E-state index in [0.29, 0.717) is 5.56 Å². The van der Waals surface area contributed by atoms with Gasteiger partial charge in [0, 0.05) is 36.1 Å². The molecule has 0 radical (unpaired) electrons. The molecule has 1 aromatic carbocycles. The molecule has 1 aliphatic heterocycles. The molecule has 0 saturated carbocycles. The number of nitrogens with zero attached hydrogens (tertiary/aromatic N) is 4.